The van der Waals surface area contributed by atoms with Gasteiger partial charge in [0.05, 0.1) is 44.2 Å². The minimum Gasteiger partial charge on any atom is -0.394 e. The first-order valence-corrected chi connectivity index (χ1v) is 26.8. The molecule has 22 nitrogen and oxygen atoms in total. The van der Waals surface area contributed by atoms with Crippen LogP contribution in [0.15, 0.2) is 11.6 Å². The Morgan fingerprint density at radius 2 is 1.23 bits per heavy atom. The lowest BCUT2D eigenvalue weighted by Crippen LogP contribution is -2.66. The van der Waals surface area contributed by atoms with Crippen molar-refractivity contribution in [2.45, 2.75) is 240 Å². The summed E-state index contributed by atoms with van der Waals surface area (Å²) in [6.45, 7) is 10.7. The molecule has 5 heterocycles. The lowest BCUT2D eigenvalue weighted by atomic mass is 9.47. The third kappa shape index (κ3) is 10.2. The van der Waals surface area contributed by atoms with E-state index in [-0.39, 0.29) is 41.3 Å². The highest BCUT2D eigenvalue weighted by molar-refractivity contribution is 5.26. The van der Waals surface area contributed by atoms with Gasteiger partial charge in [0.15, 0.2) is 30.9 Å². The second-order valence-electron chi connectivity index (χ2n) is 23.8. The van der Waals surface area contributed by atoms with Gasteiger partial charge in [-0.05, 0) is 106 Å². The standard InChI is InChI=1S/C51H84O22/c1-20(19-65-45-39(60)38(59)35(56)30(17-52)69-45)9-14-51(64)21(2)32-29(73-51)16-28-26-8-7-24-15-25(10-12-49(24,5)27(26)11-13-50(28,32)6)68-48-44(72-47-41(62)37(58)34(55)23(4)67-47)42(63)43(31(18-53)70-48)71-46-40(61)36(57)33(54)22(3)66-46/h7,20-23,25-48,52-64H,8-19H2,1-6H3/t20-,21+,22+,23+,25+,26-,27+,28+,29+,30-,31+,32+,33+,34+,35-,36+,37+,38-,39-,40+,41+,42+,43-,44-,45-,46+,47+,48+,49+,50+,51-/m1/s1. The average molecular weight is 1050 g/mol. The third-order valence-corrected chi connectivity index (χ3v) is 19.5. The number of hydrogen-bond acceptors (Lipinski definition) is 22. The van der Waals surface area contributed by atoms with E-state index in [0.29, 0.717) is 43.4 Å². The van der Waals surface area contributed by atoms with Crippen LogP contribution in [0, 0.1) is 46.3 Å². The molecule has 0 aromatic heterocycles. The van der Waals surface area contributed by atoms with Crippen molar-refractivity contribution >= 4 is 0 Å². The van der Waals surface area contributed by atoms with Crippen LogP contribution < -0.4 is 0 Å². The molecule has 0 radical (unpaired) electrons. The SMILES string of the molecule is C[C@H](CC[C@@]1(O)O[C@H]2C[C@H]3[C@@H]4CC=C5C[C@@H](O[C@H]6O[C@@H](CO)[C@@H](O[C@@H]7O[C@@H](C)[C@H](O)[C@H](O)[C@@H]7O)[C@H](O)[C@H]6O[C@@H]6O[C@@H](C)[C@H](O)[C@H](O)[C@@H]6O)CC[C@]5(C)[C@H]4CC[C@]3(C)[C@H]2[C@@H]1C)CO[C@@H]1O[C@H](CO)[C@@H](O)[C@@H](O)[C@H]1O. The van der Waals surface area contributed by atoms with Crippen molar-refractivity contribution in [3.63, 3.8) is 0 Å². The monoisotopic (exact) mass is 1050 g/mol. The molecule has 22 heteroatoms. The van der Waals surface area contributed by atoms with E-state index in [9.17, 15) is 66.4 Å². The Kier molecular flexibility index (Phi) is 16.9. The number of allylic oxidation sites excluding steroid dienone is 1. The highest BCUT2D eigenvalue weighted by atomic mass is 16.8. The minimum absolute atomic E-state index is 0.0589. The van der Waals surface area contributed by atoms with Crippen LogP contribution in [-0.4, -0.2) is 227 Å². The number of rotatable bonds is 14. The van der Waals surface area contributed by atoms with Gasteiger partial charge < -0.3 is 109 Å². The fraction of sp³-hybridized carbons (Fsp3) is 0.961. The van der Waals surface area contributed by atoms with Crippen LogP contribution in [0.1, 0.15) is 99.3 Å². The fourth-order valence-electron chi connectivity index (χ4n) is 14.9. The van der Waals surface area contributed by atoms with Gasteiger partial charge in [0.25, 0.3) is 0 Å². The van der Waals surface area contributed by atoms with E-state index in [1.54, 1.807) is 0 Å². The molecule has 0 unspecified atom stereocenters. The van der Waals surface area contributed by atoms with Gasteiger partial charge >= 0.3 is 0 Å². The highest BCUT2D eigenvalue weighted by Gasteiger charge is 2.68. The van der Waals surface area contributed by atoms with E-state index in [4.69, 9.17) is 42.6 Å². The summed E-state index contributed by atoms with van der Waals surface area (Å²) in [4.78, 5) is 0. The Labute approximate surface area is 426 Å². The van der Waals surface area contributed by atoms with Crippen molar-refractivity contribution < 1.29 is 109 Å². The van der Waals surface area contributed by atoms with E-state index < -0.39 is 148 Å². The molecule has 4 aliphatic carbocycles. The van der Waals surface area contributed by atoms with E-state index in [1.165, 1.54) is 19.4 Å². The van der Waals surface area contributed by atoms with Crippen LogP contribution in [0.5, 0.6) is 0 Å². The van der Waals surface area contributed by atoms with Gasteiger partial charge in [-0.25, -0.2) is 0 Å². The van der Waals surface area contributed by atoms with Crippen molar-refractivity contribution in [3.05, 3.63) is 11.6 Å². The van der Waals surface area contributed by atoms with Crippen LogP contribution in [-0.2, 0) is 42.6 Å². The molecule has 420 valence electrons. The first kappa shape index (κ1) is 56.6. The minimum atomic E-state index is -1.75. The van der Waals surface area contributed by atoms with E-state index in [0.717, 1.165) is 32.1 Å². The lowest BCUT2D eigenvalue weighted by Gasteiger charge is -2.58. The van der Waals surface area contributed by atoms with Crippen LogP contribution in [0.2, 0.25) is 0 Å². The highest BCUT2D eigenvalue weighted by Crippen LogP contribution is 2.70. The number of aliphatic hydroxyl groups is 13. The first-order valence-electron chi connectivity index (χ1n) is 26.8. The molecule has 0 amide bonds. The summed E-state index contributed by atoms with van der Waals surface area (Å²) in [7, 11) is 0. The molecule has 9 rings (SSSR count). The summed E-state index contributed by atoms with van der Waals surface area (Å²) in [5, 5.41) is 139. The quantitative estimate of drug-likeness (QED) is 0.0839. The molecule has 5 saturated heterocycles. The topological polar surface area (TPSA) is 346 Å². The molecule has 0 bridgehead atoms. The summed E-state index contributed by atoms with van der Waals surface area (Å²) >= 11 is 0. The van der Waals surface area contributed by atoms with E-state index >= 15 is 0 Å². The van der Waals surface area contributed by atoms with Crippen molar-refractivity contribution in [1.29, 1.82) is 0 Å². The second kappa shape index (κ2) is 21.8. The third-order valence-electron chi connectivity index (χ3n) is 19.5. The zero-order valence-corrected chi connectivity index (χ0v) is 42.7. The van der Waals surface area contributed by atoms with Crippen LogP contribution in [0.4, 0.5) is 0 Å². The number of hydrogen-bond donors (Lipinski definition) is 13. The van der Waals surface area contributed by atoms with Gasteiger partial charge in [0, 0.05) is 12.3 Å². The van der Waals surface area contributed by atoms with Gasteiger partial charge in [-0.2, -0.15) is 0 Å². The van der Waals surface area contributed by atoms with E-state index in [2.05, 4.69) is 26.8 Å². The van der Waals surface area contributed by atoms with E-state index in [1.807, 2.05) is 6.92 Å². The summed E-state index contributed by atoms with van der Waals surface area (Å²) in [5.74, 6) is -0.232. The molecule has 8 fully saturated rings. The van der Waals surface area contributed by atoms with Gasteiger partial charge in [-0.15, -0.1) is 0 Å². The predicted molar refractivity (Wildman–Crippen MR) is 249 cm³/mol. The molecule has 5 aliphatic heterocycles. The summed E-state index contributed by atoms with van der Waals surface area (Å²) in [6, 6.07) is 0. The van der Waals surface area contributed by atoms with Crippen molar-refractivity contribution in [2.75, 3.05) is 19.8 Å². The molecule has 9 aliphatic rings. The summed E-state index contributed by atoms with van der Waals surface area (Å²) in [6.07, 6.45) is -20.5. The zero-order valence-electron chi connectivity index (χ0n) is 42.7. The Balaban J connectivity index is 0.846. The normalized spacial score (nSPS) is 55.5. The van der Waals surface area contributed by atoms with Crippen molar-refractivity contribution in [1.82, 2.24) is 0 Å². The number of fused-ring (bicyclic) bond motifs is 7. The van der Waals surface area contributed by atoms with Crippen LogP contribution in [0.25, 0.3) is 0 Å². The predicted octanol–water partition coefficient (Wildman–Crippen LogP) is -1.98. The fourth-order valence-corrected chi connectivity index (χ4v) is 14.9. The molecule has 31 atom stereocenters. The van der Waals surface area contributed by atoms with Crippen LogP contribution in [0.3, 0.4) is 0 Å². The molecule has 3 saturated carbocycles. The maximum absolute atomic E-state index is 12.1. The van der Waals surface area contributed by atoms with Gasteiger partial charge in [0.2, 0.25) is 0 Å². The Hall–Kier alpha value is -1.14. The van der Waals surface area contributed by atoms with Gasteiger partial charge in [0.1, 0.15) is 85.5 Å². The van der Waals surface area contributed by atoms with Crippen molar-refractivity contribution in [3.8, 4) is 0 Å². The largest absolute Gasteiger partial charge is 0.394 e. The zero-order chi connectivity index (χ0) is 52.8. The first-order chi connectivity index (χ1) is 34.5. The molecule has 0 aromatic rings. The maximum Gasteiger partial charge on any atom is 0.187 e. The lowest BCUT2D eigenvalue weighted by molar-refractivity contribution is -0.388. The second-order valence-corrected chi connectivity index (χ2v) is 23.8. The number of aliphatic hydroxyl groups excluding tert-OH is 12. The van der Waals surface area contributed by atoms with Gasteiger partial charge in [-0.1, -0.05) is 39.3 Å². The Bertz CT molecular complexity index is 1900. The van der Waals surface area contributed by atoms with Crippen LogP contribution >= 0.6 is 0 Å². The average Bonchev–Trinajstić information content (AvgIpc) is 3.80. The molecule has 0 aromatic carbocycles. The molecule has 13 N–H and O–H groups in total. The Morgan fingerprint density at radius 1 is 0.644 bits per heavy atom. The van der Waals surface area contributed by atoms with Crippen molar-refractivity contribution in [2.24, 2.45) is 46.3 Å². The maximum atomic E-state index is 12.1. The molecule has 73 heavy (non-hydrogen) atoms. The molecular formula is C51H84O22. The summed E-state index contributed by atoms with van der Waals surface area (Å²) in [5.41, 5.74) is 1.07. The number of ether oxygens (including phenoxy) is 9. The smallest absolute Gasteiger partial charge is 0.187 e. The molecular weight excluding hydrogens is 965 g/mol. The molecule has 0 spiro atoms. The van der Waals surface area contributed by atoms with Gasteiger partial charge in [-0.3, -0.25) is 0 Å². The summed E-state index contributed by atoms with van der Waals surface area (Å²) < 4.78 is 54.6. The Morgan fingerprint density at radius 3 is 1.86 bits per heavy atom.